The number of aliphatic hydroxyl groups excluding tert-OH is 1. The number of rotatable bonds is 4. The van der Waals surface area contributed by atoms with Crippen LogP contribution in [0.15, 0.2) is 23.0 Å². The first kappa shape index (κ1) is 10.4. The molecule has 0 bridgehead atoms. The van der Waals surface area contributed by atoms with Crippen molar-refractivity contribution in [1.29, 1.82) is 0 Å². The van der Waals surface area contributed by atoms with Crippen LogP contribution in [-0.4, -0.2) is 16.7 Å². The second-order valence-corrected chi connectivity index (χ2v) is 4.54. The molecule has 2 rings (SSSR count). The number of thiazole rings is 1. The maximum atomic E-state index is 11.1. The molecule has 1 aromatic carbocycles. The van der Waals surface area contributed by atoms with E-state index in [0.717, 1.165) is 29.5 Å². The van der Waals surface area contributed by atoms with Gasteiger partial charge in [0.1, 0.15) is 0 Å². The quantitative estimate of drug-likeness (QED) is 0.778. The molecule has 0 amide bonds. The van der Waals surface area contributed by atoms with E-state index in [2.05, 4.69) is 11.1 Å². The molecule has 2 N–H and O–H groups in total. The second-order valence-electron chi connectivity index (χ2n) is 3.53. The van der Waals surface area contributed by atoms with E-state index in [4.69, 9.17) is 5.11 Å². The number of aromatic amines is 1. The Kier molecular flexibility index (Phi) is 3.18. The van der Waals surface area contributed by atoms with Crippen molar-refractivity contribution in [2.24, 2.45) is 0 Å². The molecule has 0 radical (unpaired) electrons. The molecule has 0 aliphatic carbocycles. The van der Waals surface area contributed by atoms with Gasteiger partial charge in [-0.05, 0) is 37.0 Å². The molecular weight excluding hydrogens is 210 g/mol. The van der Waals surface area contributed by atoms with E-state index in [-0.39, 0.29) is 11.5 Å². The summed E-state index contributed by atoms with van der Waals surface area (Å²) in [6.07, 6.45) is 2.78. The van der Waals surface area contributed by atoms with E-state index in [1.54, 1.807) is 0 Å². The van der Waals surface area contributed by atoms with Crippen molar-refractivity contribution in [1.82, 2.24) is 4.98 Å². The van der Waals surface area contributed by atoms with Crippen molar-refractivity contribution >= 4 is 21.6 Å². The molecule has 80 valence electrons. The summed E-state index contributed by atoms with van der Waals surface area (Å²) in [5.41, 5.74) is 2.14. The van der Waals surface area contributed by atoms with Gasteiger partial charge in [-0.15, -0.1) is 0 Å². The number of unbranched alkanes of at least 4 members (excludes halogenated alkanes) is 1. The number of hydrogen-bond donors (Lipinski definition) is 2. The zero-order chi connectivity index (χ0) is 10.7. The summed E-state index contributed by atoms with van der Waals surface area (Å²) in [7, 11) is 0. The lowest BCUT2D eigenvalue weighted by atomic mass is 10.1. The molecule has 0 unspecified atom stereocenters. The van der Waals surface area contributed by atoms with Gasteiger partial charge in [-0.2, -0.15) is 0 Å². The third-order valence-electron chi connectivity index (χ3n) is 2.36. The van der Waals surface area contributed by atoms with Crippen LogP contribution in [0.3, 0.4) is 0 Å². The van der Waals surface area contributed by atoms with Crippen LogP contribution in [0.5, 0.6) is 0 Å². The molecule has 4 heteroatoms. The summed E-state index contributed by atoms with van der Waals surface area (Å²) in [5, 5.41) is 8.68. The number of fused-ring (bicyclic) bond motifs is 1. The first-order valence-corrected chi connectivity index (χ1v) is 5.84. The summed E-state index contributed by atoms with van der Waals surface area (Å²) in [6, 6.07) is 6.03. The van der Waals surface area contributed by atoms with Gasteiger partial charge in [-0.25, -0.2) is 0 Å². The van der Waals surface area contributed by atoms with Gasteiger partial charge in [0.25, 0.3) is 0 Å². The van der Waals surface area contributed by atoms with E-state index >= 15 is 0 Å². The standard InChI is InChI=1S/C11H13NO2S/c13-6-2-1-3-8-4-5-9-10(7-8)15-11(14)12-9/h4-5,7,13H,1-3,6H2,(H,12,14). The Morgan fingerprint density at radius 3 is 3.00 bits per heavy atom. The molecule has 1 heterocycles. The lowest BCUT2D eigenvalue weighted by Gasteiger charge is -1.99. The van der Waals surface area contributed by atoms with E-state index in [9.17, 15) is 4.79 Å². The van der Waals surface area contributed by atoms with Crippen molar-refractivity contribution < 1.29 is 5.11 Å². The van der Waals surface area contributed by atoms with Gasteiger partial charge in [-0.1, -0.05) is 17.4 Å². The Bertz CT molecular complexity index is 501. The number of aliphatic hydroxyl groups is 1. The summed E-state index contributed by atoms with van der Waals surface area (Å²) in [6.45, 7) is 0.250. The Hall–Kier alpha value is -1.13. The topological polar surface area (TPSA) is 53.1 Å². The summed E-state index contributed by atoms with van der Waals surface area (Å²) in [4.78, 5) is 13.9. The minimum absolute atomic E-state index is 0.00231. The number of aryl methyl sites for hydroxylation is 1. The van der Waals surface area contributed by atoms with Crippen LogP contribution in [0, 0.1) is 0 Å². The van der Waals surface area contributed by atoms with Gasteiger partial charge >= 0.3 is 4.87 Å². The zero-order valence-corrected chi connectivity index (χ0v) is 9.14. The van der Waals surface area contributed by atoms with Crippen molar-refractivity contribution in [2.75, 3.05) is 6.61 Å². The monoisotopic (exact) mass is 223 g/mol. The molecule has 0 saturated carbocycles. The second kappa shape index (κ2) is 4.59. The first-order chi connectivity index (χ1) is 7.29. The maximum Gasteiger partial charge on any atom is 0.305 e. The lowest BCUT2D eigenvalue weighted by molar-refractivity contribution is 0.284. The minimum Gasteiger partial charge on any atom is -0.396 e. The van der Waals surface area contributed by atoms with Gasteiger partial charge in [-0.3, -0.25) is 4.79 Å². The van der Waals surface area contributed by atoms with Crippen LogP contribution in [0.25, 0.3) is 10.2 Å². The van der Waals surface area contributed by atoms with E-state index in [0.29, 0.717) is 0 Å². The van der Waals surface area contributed by atoms with Crippen LogP contribution >= 0.6 is 11.3 Å². The molecule has 0 fully saturated rings. The molecule has 0 aliphatic rings. The Balaban J connectivity index is 2.19. The molecule has 0 spiro atoms. The number of H-pyrrole nitrogens is 1. The van der Waals surface area contributed by atoms with Gasteiger partial charge < -0.3 is 10.1 Å². The molecule has 0 saturated heterocycles. The average Bonchev–Trinajstić information content (AvgIpc) is 2.57. The fourth-order valence-electron chi connectivity index (χ4n) is 1.59. The van der Waals surface area contributed by atoms with Crippen molar-refractivity contribution in [3.63, 3.8) is 0 Å². The molecule has 3 nitrogen and oxygen atoms in total. The zero-order valence-electron chi connectivity index (χ0n) is 8.32. The molecule has 0 aliphatic heterocycles. The fraction of sp³-hybridized carbons (Fsp3) is 0.364. The van der Waals surface area contributed by atoms with Crippen LogP contribution in [0.2, 0.25) is 0 Å². The summed E-state index contributed by atoms with van der Waals surface area (Å²) in [5.74, 6) is 0. The summed E-state index contributed by atoms with van der Waals surface area (Å²) < 4.78 is 1.02. The Morgan fingerprint density at radius 1 is 1.33 bits per heavy atom. The highest BCUT2D eigenvalue weighted by Crippen LogP contribution is 2.17. The van der Waals surface area contributed by atoms with Gasteiger partial charge in [0.2, 0.25) is 0 Å². The SMILES string of the molecule is O=c1[nH]c2ccc(CCCCO)cc2s1. The van der Waals surface area contributed by atoms with E-state index < -0.39 is 0 Å². The maximum absolute atomic E-state index is 11.1. The van der Waals surface area contributed by atoms with E-state index in [1.165, 1.54) is 16.9 Å². The molecule has 0 atom stereocenters. The molecule has 2 aromatic rings. The highest BCUT2D eigenvalue weighted by molar-refractivity contribution is 7.16. The normalized spacial score (nSPS) is 11.0. The smallest absolute Gasteiger partial charge is 0.305 e. The van der Waals surface area contributed by atoms with Crippen molar-refractivity contribution in [2.45, 2.75) is 19.3 Å². The van der Waals surface area contributed by atoms with Crippen LogP contribution < -0.4 is 4.87 Å². The molecule has 1 aromatic heterocycles. The number of nitrogens with one attached hydrogen (secondary N) is 1. The first-order valence-electron chi connectivity index (χ1n) is 5.02. The largest absolute Gasteiger partial charge is 0.396 e. The number of benzene rings is 1. The van der Waals surface area contributed by atoms with E-state index in [1.807, 2.05) is 12.1 Å². The summed E-state index contributed by atoms with van der Waals surface area (Å²) >= 11 is 1.25. The Labute approximate surface area is 91.4 Å². The average molecular weight is 223 g/mol. The van der Waals surface area contributed by atoms with Crippen molar-refractivity contribution in [3.8, 4) is 0 Å². The van der Waals surface area contributed by atoms with Crippen LogP contribution in [-0.2, 0) is 6.42 Å². The van der Waals surface area contributed by atoms with Crippen LogP contribution in [0.4, 0.5) is 0 Å². The Morgan fingerprint density at radius 2 is 2.20 bits per heavy atom. The van der Waals surface area contributed by atoms with Gasteiger partial charge in [0, 0.05) is 6.61 Å². The highest BCUT2D eigenvalue weighted by Gasteiger charge is 2.00. The van der Waals surface area contributed by atoms with Crippen LogP contribution in [0.1, 0.15) is 18.4 Å². The third kappa shape index (κ3) is 2.46. The lowest BCUT2D eigenvalue weighted by Crippen LogP contribution is -1.89. The van der Waals surface area contributed by atoms with Gasteiger partial charge in [0.15, 0.2) is 0 Å². The minimum atomic E-state index is -0.00231. The van der Waals surface area contributed by atoms with Gasteiger partial charge in [0.05, 0.1) is 10.2 Å². The predicted molar refractivity (Wildman–Crippen MR) is 62.5 cm³/mol. The molecular formula is C11H13NO2S. The predicted octanol–water partition coefficient (Wildman–Crippen LogP) is 1.90. The van der Waals surface area contributed by atoms with Crippen molar-refractivity contribution in [3.05, 3.63) is 33.4 Å². The number of aromatic nitrogens is 1. The third-order valence-corrected chi connectivity index (χ3v) is 3.20. The number of hydrogen-bond acceptors (Lipinski definition) is 3. The fourth-order valence-corrected chi connectivity index (χ4v) is 2.39. The molecule has 15 heavy (non-hydrogen) atoms. The highest BCUT2D eigenvalue weighted by atomic mass is 32.1.